The normalized spacial score (nSPS) is 10.9. The molecule has 0 heterocycles. The van der Waals surface area contributed by atoms with Gasteiger partial charge in [0.2, 0.25) is 0 Å². The summed E-state index contributed by atoms with van der Waals surface area (Å²) in [7, 11) is 0. The van der Waals surface area contributed by atoms with Crippen LogP contribution in [0, 0.1) is 24.4 Å². The predicted molar refractivity (Wildman–Crippen MR) is 48.6 cm³/mol. The molecular formula is C11H7F3. The molecule has 2 aromatic rings. The van der Waals surface area contributed by atoms with Gasteiger partial charge in [0.15, 0.2) is 11.6 Å². The van der Waals surface area contributed by atoms with Crippen LogP contribution in [0.5, 0.6) is 0 Å². The Kier molecular flexibility index (Phi) is 1.95. The summed E-state index contributed by atoms with van der Waals surface area (Å²) in [6, 6.07) is 5.16. The molecule has 0 amide bonds. The SMILES string of the molecule is Cc1cc(F)c2c(F)c(F)ccc2c1. The van der Waals surface area contributed by atoms with Gasteiger partial charge < -0.3 is 0 Å². The standard InChI is InChI=1S/C11H7F3/c1-6-4-7-2-3-8(12)11(14)10(7)9(13)5-6/h2-5H,1H3. The van der Waals surface area contributed by atoms with E-state index in [9.17, 15) is 13.2 Å². The zero-order valence-electron chi connectivity index (χ0n) is 7.44. The maximum atomic E-state index is 13.3. The summed E-state index contributed by atoms with van der Waals surface area (Å²) in [4.78, 5) is 0. The quantitative estimate of drug-likeness (QED) is 0.604. The van der Waals surface area contributed by atoms with Gasteiger partial charge >= 0.3 is 0 Å². The second kappa shape index (κ2) is 3.01. The Balaban J connectivity index is 2.95. The fourth-order valence-corrected chi connectivity index (χ4v) is 1.49. The highest BCUT2D eigenvalue weighted by molar-refractivity contribution is 5.84. The van der Waals surface area contributed by atoms with E-state index in [1.54, 1.807) is 13.0 Å². The monoisotopic (exact) mass is 196 g/mol. The van der Waals surface area contributed by atoms with Crippen LogP contribution in [0.3, 0.4) is 0 Å². The summed E-state index contributed by atoms with van der Waals surface area (Å²) in [5.41, 5.74) is 0.681. The van der Waals surface area contributed by atoms with Crippen LogP contribution >= 0.6 is 0 Å². The third kappa shape index (κ3) is 1.25. The van der Waals surface area contributed by atoms with Crippen molar-refractivity contribution in [3.8, 4) is 0 Å². The molecule has 0 aromatic heterocycles. The molecule has 0 unspecified atom stereocenters. The molecule has 0 atom stereocenters. The highest BCUT2D eigenvalue weighted by Crippen LogP contribution is 2.24. The zero-order valence-corrected chi connectivity index (χ0v) is 7.44. The van der Waals surface area contributed by atoms with Gasteiger partial charge in [0.1, 0.15) is 5.82 Å². The van der Waals surface area contributed by atoms with Crippen LogP contribution in [0.2, 0.25) is 0 Å². The second-order valence-corrected chi connectivity index (χ2v) is 3.21. The van der Waals surface area contributed by atoms with Crippen LogP contribution in [0.1, 0.15) is 5.56 Å². The first-order valence-corrected chi connectivity index (χ1v) is 4.13. The molecule has 0 aliphatic carbocycles. The van der Waals surface area contributed by atoms with Crippen molar-refractivity contribution in [2.45, 2.75) is 6.92 Å². The molecule has 0 saturated heterocycles. The Morgan fingerprint density at radius 2 is 1.64 bits per heavy atom. The highest BCUT2D eigenvalue weighted by Gasteiger charge is 2.11. The second-order valence-electron chi connectivity index (χ2n) is 3.21. The lowest BCUT2D eigenvalue weighted by Gasteiger charge is -2.03. The van der Waals surface area contributed by atoms with E-state index < -0.39 is 17.5 Å². The van der Waals surface area contributed by atoms with Crippen molar-refractivity contribution >= 4 is 10.8 Å². The number of hydrogen-bond donors (Lipinski definition) is 0. The Labute approximate surface area is 79.0 Å². The van der Waals surface area contributed by atoms with E-state index in [2.05, 4.69) is 0 Å². The van der Waals surface area contributed by atoms with Crippen LogP contribution in [0.25, 0.3) is 10.8 Å². The highest BCUT2D eigenvalue weighted by atomic mass is 19.2. The predicted octanol–water partition coefficient (Wildman–Crippen LogP) is 3.57. The Bertz CT molecular complexity index is 503. The molecule has 0 radical (unpaired) electrons. The molecule has 2 rings (SSSR count). The third-order valence-corrected chi connectivity index (χ3v) is 2.10. The van der Waals surface area contributed by atoms with Gasteiger partial charge in [-0.3, -0.25) is 0 Å². The third-order valence-electron chi connectivity index (χ3n) is 2.10. The molecular weight excluding hydrogens is 189 g/mol. The topological polar surface area (TPSA) is 0 Å². The van der Waals surface area contributed by atoms with E-state index in [4.69, 9.17) is 0 Å². The number of benzene rings is 2. The maximum absolute atomic E-state index is 13.3. The van der Waals surface area contributed by atoms with Crippen LogP contribution in [-0.4, -0.2) is 0 Å². The molecule has 14 heavy (non-hydrogen) atoms. The molecule has 0 N–H and O–H groups in total. The fraction of sp³-hybridized carbons (Fsp3) is 0.0909. The van der Waals surface area contributed by atoms with Crippen molar-refractivity contribution in [3.63, 3.8) is 0 Å². The average molecular weight is 196 g/mol. The van der Waals surface area contributed by atoms with Crippen molar-refractivity contribution in [2.75, 3.05) is 0 Å². The molecule has 0 saturated carbocycles. The van der Waals surface area contributed by atoms with Crippen molar-refractivity contribution in [3.05, 3.63) is 47.3 Å². The number of rotatable bonds is 0. The Morgan fingerprint density at radius 3 is 2.36 bits per heavy atom. The van der Waals surface area contributed by atoms with Gasteiger partial charge in [-0.25, -0.2) is 13.2 Å². The van der Waals surface area contributed by atoms with Gasteiger partial charge in [-0.15, -0.1) is 0 Å². The van der Waals surface area contributed by atoms with Gasteiger partial charge in [-0.2, -0.15) is 0 Å². The minimum atomic E-state index is -1.13. The first-order valence-electron chi connectivity index (χ1n) is 4.13. The van der Waals surface area contributed by atoms with E-state index in [0.717, 1.165) is 6.07 Å². The minimum absolute atomic E-state index is 0.282. The van der Waals surface area contributed by atoms with Crippen LogP contribution < -0.4 is 0 Å². The van der Waals surface area contributed by atoms with Crippen molar-refractivity contribution < 1.29 is 13.2 Å². The first kappa shape index (κ1) is 9.06. The molecule has 0 nitrogen and oxygen atoms in total. The smallest absolute Gasteiger partial charge is 0.169 e. The lowest BCUT2D eigenvalue weighted by molar-refractivity contribution is 0.512. The molecule has 0 spiro atoms. The van der Waals surface area contributed by atoms with Gasteiger partial charge in [0.05, 0.1) is 5.39 Å². The number of hydrogen-bond acceptors (Lipinski definition) is 0. The lowest BCUT2D eigenvalue weighted by atomic mass is 10.1. The molecule has 3 heteroatoms. The minimum Gasteiger partial charge on any atom is -0.206 e. The molecule has 72 valence electrons. The molecule has 0 bridgehead atoms. The Morgan fingerprint density at radius 1 is 0.929 bits per heavy atom. The van der Waals surface area contributed by atoms with E-state index in [-0.39, 0.29) is 5.39 Å². The number of halogens is 3. The van der Waals surface area contributed by atoms with Gasteiger partial charge in [-0.05, 0) is 30.0 Å². The van der Waals surface area contributed by atoms with Gasteiger partial charge in [-0.1, -0.05) is 12.1 Å². The van der Waals surface area contributed by atoms with Crippen LogP contribution in [0.4, 0.5) is 13.2 Å². The lowest BCUT2D eigenvalue weighted by Crippen LogP contribution is -1.90. The summed E-state index contributed by atoms with van der Waals surface area (Å²) in [5.74, 6) is -2.88. The summed E-state index contributed by atoms with van der Waals surface area (Å²) in [6.45, 7) is 1.70. The van der Waals surface area contributed by atoms with Crippen LogP contribution in [0.15, 0.2) is 24.3 Å². The summed E-state index contributed by atoms with van der Waals surface area (Å²) < 4.78 is 39.2. The molecule has 0 aliphatic heterocycles. The maximum Gasteiger partial charge on any atom is 0.169 e. The largest absolute Gasteiger partial charge is 0.206 e. The van der Waals surface area contributed by atoms with Crippen molar-refractivity contribution in [1.29, 1.82) is 0 Å². The first-order chi connectivity index (χ1) is 6.59. The number of aryl methyl sites for hydroxylation is 1. The molecule has 0 aliphatic rings. The van der Waals surface area contributed by atoms with Crippen molar-refractivity contribution in [2.24, 2.45) is 0 Å². The Hall–Kier alpha value is -1.51. The van der Waals surface area contributed by atoms with E-state index >= 15 is 0 Å². The summed E-state index contributed by atoms with van der Waals surface area (Å²) >= 11 is 0. The summed E-state index contributed by atoms with van der Waals surface area (Å²) in [6.07, 6.45) is 0. The molecule has 0 fully saturated rings. The molecule has 2 aromatic carbocycles. The van der Waals surface area contributed by atoms with Gasteiger partial charge in [0, 0.05) is 0 Å². The average Bonchev–Trinajstić information content (AvgIpc) is 2.10. The van der Waals surface area contributed by atoms with E-state index in [1.807, 2.05) is 0 Å². The number of fused-ring (bicyclic) bond motifs is 1. The zero-order chi connectivity index (χ0) is 10.3. The van der Waals surface area contributed by atoms with E-state index in [0.29, 0.717) is 10.9 Å². The van der Waals surface area contributed by atoms with Gasteiger partial charge in [0.25, 0.3) is 0 Å². The fourth-order valence-electron chi connectivity index (χ4n) is 1.49. The van der Waals surface area contributed by atoms with Crippen LogP contribution in [-0.2, 0) is 0 Å². The summed E-state index contributed by atoms with van der Waals surface area (Å²) in [5, 5.41) is 0.0944. The van der Waals surface area contributed by atoms with Crippen molar-refractivity contribution in [1.82, 2.24) is 0 Å². The van der Waals surface area contributed by atoms with E-state index in [1.165, 1.54) is 12.1 Å².